The molecule has 1 N–H and O–H groups in total. The molecule has 2 heterocycles. The van der Waals surface area contributed by atoms with Crippen molar-refractivity contribution in [3.05, 3.63) is 65.2 Å². The Bertz CT molecular complexity index is 974. The Hall–Kier alpha value is -2.60. The Kier molecular flexibility index (Phi) is 4.90. The number of hydrogen-bond donors (Lipinski definition) is 1. The molecule has 1 saturated heterocycles. The van der Waals surface area contributed by atoms with E-state index in [9.17, 15) is 9.59 Å². The Labute approximate surface area is 178 Å². The molecular weight excluding hydrogens is 373 g/mol. The Balaban J connectivity index is 1.18. The Morgan fingerprint density at radius 3 is 2.73 bits per heavy atom. The van der Waals surface area contributed by atoms with Gasteiger partial charge in [0.25, 0.3) is 5.91 Å². The maximum Gasteiger partial charge on any atom is 0.254 e. The molecule has 2 radical (unpaired) electrons. The van der Waals surface area contributed by atoms with Crippen LogP contribution in [0.3, 0.4) is 0 Å². The number of carbonyl (C=O) groups excluding carboxylic acids is 2. The molecule has 0 unspecified atom stereocenters. The van der Waals surface area contributed by atoms with Crippen LogP contribution in [0.2, 0.25) is 0 Å². The Morgan fingerprint density at radius 2 is 1.97 bits per heavy atom. The zero-order valence-electron chi connectivity index (χ0n) is 17.1. The van der Waals surface area contributed by atoms with Crippen molar-refractivity contribution >= 4 is 25.1 Å². The number of rotatable bonds is 5. The molecule has 1 atom stereocenters. The molecule has 2 amide bonds. The third kappa shape index (κ3) is 3.76. The minimum absolute atomic E-state index is 0.00125. The number of nitrogens with one attached hydrogen (secondary N) is 1. The van der Waals surface area contributed by atoms with Gasteiger partial charge < -0.3 is 10.2 Å². The molecule has 2 aromatic rings. The fourth-order valence-corrected chi connectivity index (χ4v) is 4.97. The average Bonchev–Trinajstić information content (AvgIpc) is 3.38. The Morgan fingerprint density at radius 1 is 1.17 bits per heavy atom. The fourth-order valence-electron chi connectivity index (χ4n) is 4.97. The van der Waals surface area contributed by atoms with Crippen LogP contribution in [0, 0.1) is 0 Å². The number of nitrogens with zero attached hydrogens (tertiary/aromatic N) is 2. The lowest BCUT2D eigenvalue weighted by Gasteiger charge is -2.34. The van der Waals surface area contributed by atoms with Crippen molar-refractivity contribution < 1.29 is 9.59 Å². The van der Waals surface area contributed by atoms with Crippen LogP contribution in [0.4, 0.5) is 0 Å². The lowest BCUT2D eigenvalue weighted by atomic mass is 9.82. The number of likely N-dealkylation sites (tertiary alicyclic amines) is 1. The molecule has 2 fully saturated rings. The average molecular weight is 399 g/mol. The SMILES string of the molecule is [B]c1ccc2c(c1)C1(CC1)CN(CC(=O)N[C@@H]1CCN(Cc3ccccc3)C1)C2=O. The van der Waals surface area contributed by atoms with Gasteiger partial charge in [0.2, 0.25) is 5.91 Å². The second-order valence-electron chi connectivity index (χ2n) is 9.02. The van der Waals surface area contributed by atoms with Crippen LogP contribution in [0.1, 0.15) is 40.7 Å². The van der Waals surface area contributed by atoms with Gasteiger partial charge in [-0.25, -0.2) is 0 Å². The van der Waals surface area contributed by atoms with Crippen molar-refractivity contribution in [2.24, 2.45) is 0 Å². The highest BCUT2D eigenvalue weighted by molar-refractivity contribution is 6.32. The quantitative estimate of drug-likeness (QED) is 0.773. The van der Waals surface area contributed by atoms with E-state index in [4.69, 9.17) is 7.85 Å². The van der Waals surface area contributed by atoms with Crippen LogP contribution >= 0.6 is 0 Å². The molecule has 152 valence electrons. The zero-order valence-corrected chi connectivity index (χ0v) is 17.1. The summed E-state index contributed by atoms with van der Waals surface area (Å²) in [6.45, 7) is 3.46. The maximum atomic E-state index is 13.0. The van der Waals surface area contributed by atoms with E-state index in [0.717, 1.165) is 44.5 Å². The lowest BCUT2D eigenvalue weighted by molar-refractivity contribution is -0.122. The minimum Gasteiger partial charge on any atom is -0.350 e. The molecule has 5 rings (SSSR count). The fraction of sp³-hybridized carbons (Fsp3) is 0.417. The van der Waals surface area contributed by atoms with E-state index >= 15 is 0 Å². The number of hydrogen-bond acceptors (Lipinski definition) is 3. The van der Waals surface area contributed by atoms with E-state index in [1.807, 2.05) is 18.2 Å². The van der Waals surface area contributed by atoms with E-state index in [1.165, 1.54) is 5.56 Å². The summed E-state index contributed by atoms with van der Waals surface area (Å²) in [5.41, 5.74) is 3.75. The van der Waals surface area contributed by atoms with Crippen molar-refractivity contribution in [2.75, 3.05) is 26.2 Å². The topological polar surface area (TPSA) is 52.7 Å². The van der Waals surface area contributed by atoms with E-state index < -0.39 is 0 Å². The number of carbonyl (C=O) groups is 2. The van der Waals surface area contributed by atoms with E-state index in [0.29, 0.717) is 17.6 Å². The van der Waals surface area contributed by atoms with Gasteiger partial charge >= 0.3 is 0 Å². The van der Waals surface area contributed by atoms with Crippen LogP contribution in [0.15, 0.2) is 48.5 Å². The maximum absolute atomic E-state index is 13.0. The smallest absolute Gasteiger partial charge is 0.254 e. The first kappa shape index (κ1) is 19.4. The van der Waals surface area contributed by atoms with Gasteiger partial charge in [-0.2, -0.15) is 0 Å². The molecule has 1 spiro atoms. The van der Waals surface area contributed by atoms with Crippen LogP contribution in [-0.4, -0.2) is 61.7 Å². The van der Waals surface area contributed by atoms with Crippen LogP contribution in [0.5, 0.6) is 0 Å². The first-order valence-corrected chi connectivity index (χ1v) is 10.8. The van der Waals surface area contributed by atoms with Gasteiger partial charge in [-0.05, 0) is 36.5 Å². The van der Waals surface area contributed by atoms with E-state index in [2.05, 4.69) is 34.5 Å². The van der Waals surface area contributed by atoms with Crippen molar-refractivity contribution in [2.45, 2.75) is 37.3 Å². The second-order valence-corrected chi connectivity index (χ2v) is 9.02. The lowest BCUT2D eigenvalue weighted by Crippen LogP contribution is -2.50. The highest BCUT2D eigenvalue weighted by Gasteiger charge is 2.51. The summed E-state index contributed by atoms with van der Waals surface area (Å²) < 4.78 is 0. The summed E-state index contributed by atoms with van der Waals surface area (Å²) in [4.78, 5) is 29.8. The molecule has 0 aromatic heterocycles. The summed E-state index contributed by atoms with van der Waals surface area (Å²) in [5, 5.41) is 3.15. The third-order valence-electron chi connectivity index (χ3n) is 6.70. The van der Waals surface area contributed by atoms with Crippen molar-refractivity contribution in [1.82, 2.24) is 15.1 Å². The molecule has 5 nitrogen and oxygen atoms in total. The molecule has 6 heteroatoms. The van der Waals surface area contributed by atoms with Gasteiger partial charge in [0.1, 0.15) is 7.85 Å². The highest BCUT2D eigenvalue weighted by Crippen LogP contribution is 2.51. The molecule has 1 aliphatic carbocycles. The molecule has 3 aliphatic rings. The van der Waals surface area contributed by atoms with Gasteiger partial charge in [-0.3, -0.25) is 14.5 Å². The number of benzene rings is 2. The van der Waals surface area contributed by atoms with Crippen LogP contribution in [-0.2, 0) is 16.8 Å². The highest BCUT2D eigenvalue weighted by atomic mass is 16.2. The molecule has 1 saturated carbocycles. The molecule has 30 heavy (non-hydrogen) atoms. The summed E-state index contributed by atoms with van der Waals surface area (Å²) >= 11 is 0. The molecular formula is C24H26BN3O2. The van der Waals surface area contributed by atoms with Crippen LogP contribution < -0.4 is 10.8 Å². The largest absolute Gasteiger partial charge is 0.350 e. The van der Waals surface area contributed by atoms with Gasteiger partial charge in [0.05, 0.1) is 6.54 Å². The van der Waals surface area contributed by atoms with Crippen molar-refractivity contribution in [3.8, 4) is 0 Å². The standard InChI is InChI=1S/C24H26BN3O2/c25-18-6-7-20-21(12-18)24(9-10-24)16-28(23(20)30)15-22(29)26-19-8-11-27(14-19)13-17-4-2-1-3-5-17/h1-7,12,19H,8-11,13-16H2,(H,26,29)/t19-/m1/s1. The van der Waals surface area contributed by atoms with Gasteiger partial charge in [-0.1, -0.05) is 47.9 Å². The predicted molar refractivity (Wildman–Crippen MR) is 117 cm³/mol. The third-order valence-corrected chi connectivity index (χ3v) is 6.70. The van der Waals surface area contributed by atoms with E-state index in [-0.39, 0.29) is 29.8 Å². The monoisotopic (exact) mass is 399 g/mol. The van der Waals surface area contributed by atoms with Gasteiger partial charge in [-0.15, -0.1) is 0 Å². The predicted octanol–water partition coefficient (Wildman–Crippen LogP) is 1.36. The number of amides is 2. The van der Waals surface area contributed by atoms with Crippen LogP contribution in [0.25, 0.3) is 0 Å². The minimum atomic E-state index is -0.0652. The molecule has 2 aliphatic heterocycles. The summed E-state index contributed by atoms with van der Waals surface area (Å²) in [7, 11) is 5.95. The number of fused-ring (bicyclic) bond motifs is 2. The van der Waals surface area contributed by atoms with Crippen molar-refractivity contribution in [1.29, 1.82) is 0 Å². The first-order chi connectivity index (χ1) is 14.5. The summed E-state index contributed by atoms with van der Waals surface area (Å²) in [5.74, 6) is -0.126. The molecule has 2 aromatic carbocycles. The van der Waals surface area contributed by atoms with Crippen molar-refractivity contribution in [3.63, 3.8) is 0 Å². The normalized spacial score (nSPS) is 22.2. The summed E-state index contributed by atoms with van der Waals surface area (Å²) in [6, 6.07) is 16.1. The first-order valence-electron chi connectivity index (χ1n) is 10.8. The zero-order chi connectivity index (χ0) is 20.7. The summed E-state index contributed by atoms with van der Waals surface area (Å²) in [6.07, 6.45) is 3.04. The molecule has 0 bridgehead atoms. The van der Waals surface area contributed by atoms with Gasteiger partial charge in [0, 0.05) is 43.2 Å². The van der Waals surface area contributed by atoms with Gasteiger partial charge in [0.15, 0.2) is 0 Å². The van der Waals surface area contributed by atoms with E-state index in [1.54, 1.807) is 11.0 Å². The second kappa shape index (κ2) is 7.58.